The highest BCUT2D eigenvalue weighted by molar-refractivity contribution is 5.43. The Hall–Kier alpha value is -1.44. The monoisotopic (exact) mass is 260 g/mol. The number of ether oxygens (including phenoxy) is 1. The van der Waals surface area contributed by atoms with Crippen molar-refractivity contribution in [2.45, 2.75) is 19.1 Å². The van der Waals surface area contributed by atoms with E-state index >= 15 is 0 Å². The van der Waals surface area contributed by atoms with Gasteiger partial charge in [0.1, 0.15) is 5.75 Å². The molecule has 1 N–H and O–H groups in total. The van der Waals surface area contributed by atoms with E-state index in [1.807, 2.05) is 0 Å². The summed E-state index contributed by atoms with van der Waals surface area (Å²) in [6, 6.07) is 2.24. The number of rotatable bonds is 2. The lowest BCUT2D eigenvalue weighted by Gasteiger charge is -2.17. The van der Waals surface area contributed by atoms with E-state index in [9.17, 15) is 26.3 Å². The summed E-state index contributed by atoms with van der Waals surface area (Å²) in [7, 11) is 0. The molecule has 0 aliphatic rings. The maximum Gasteiger partial charge on any atom is 0.573 e. The summed E-state index contributed by atoms with van der Waals surface area (Å²) in [5.74, 6) is -1.42. The summed E-state index contributed by atoms with van der Waals surface area (Å²) < 4.78 is 76.4. The number of benzene rings is 1. The number of aliphatic hydroxyl groups excluding tert-OH is 1. The van der Waals surface area contributed by atoms with Crippen molar-refractivity contribution in [3.8, 4) is 5.75 Å². The van der Waals surface area contributed by atoms with Gasteiger partial charge in [-0.25, -0.2) is 0 Å². The first-order chi connectivity index (χ1) is 7.65. The van der Waals surface area contributed by atoms with Crippen LogP contribution in [0.5, 0.6) is 5.75 Å². The molecule has 0 aliphatic carbocycles. The van der Waals surface area contributed by atoms with E-state index in [1.165, 1.54) is 0 Å². The number of alkyl halides is 6. The van der Waals surface area contributed by atoms with Crippen molar-refractivity contribution >= 4 is 0 Å². The van der Waals surface area contributed by atoms with Crippen LogP contribution in [0, 0.1) is 0 Å². The third-order valence-corrected chi connectivity index (χ3v) is 1.79. The van der Waals surface area contributed by atoms with Gasteiger partial charge in [0, 0.05) is 5.56 Å². The Morgan fingerprint density at radius 2 is 1.65 bits per heavy atom. The molecule has 0 saturated carbocycles. The van der Waals surface area contributed by atoms with Crippen LogP contribution in [-0.4, -0.2) is 11.5 Å². The van der Waals surface area contributed by atoms with Crippen LogP contribution in [0.2, 0.25) is 0 Å². The number of halogens is 6. The summed E-state index contributed by atoms with van der Waals surface area (Å²) in [6.45, 7) is -0.991. The fourth-order valence-corrected chi connectivity index (χ4v) is 1.17. The molecule has 0 aliphatic heterocycles. The smallest absolute Gasteiger partial charge is 0.405 e. The van der Waals surface area contributed by atoms with Gasteiger partial charge in [0.05, 0.1) is 12.2 Å². The fraction of sp³-hybridized carbons (Fsp3) is 0.333. The highest BCUT2D eigenvalue weighted by atomic mass is 19.4. The van der Waals surface area contributed by atoms with Crippen LogP contribution in [0.15, 0.2) is 18.2 Å². The Morgan fingerprint density at radius 1 is 1.06 bits per heavy atom. The number of hydrogen-bond acceptors (Lipinski definition) is 2. The van der Waals surface area contributed by atoms with Crippen LogP contribution in [0.3, 0.4) is 0 Å². The normalized spacial score (nSPS) is 12.6. The predicted octanol–water partition coefficient (Wildman–Crippen LogP) is 3.10. The minimum atomic E-state index is -5.26. The van der Waals surface area contributed by atoms with Gasteiger partial charge in [-0.1, -0.05) is 12.1 Å². The molecule has 1 rings (SSSR count). The topological polar surface area (TPSA) is 29.5 Å². The first-order valence-corrected chi connectivity index (χ1v) is 4.21. The van der Waals surface area contributed by atoms with Crippen LogP contribution in [0.4, 0.5) is 26.3 Å². The average Bonchev–Trinajstić information content (AvgIpc) is 2.13. The Kier molecular flexibility index (Phi) is 3.56. The van der Waals surface area contributed by atoms with Crippen molar-refractivity contribution in [3.05, 3.63) is 29.3 Å². The van der Waals surface area contributed by atoms with Crippen molar-refractivity contribution in [1.82, 2.24) is 0 Å². The molecule has 17 heavy (non-hydrogen) atoms. The molecule has 8 heteroatoms. The molecule has 2 nitrogen and oxygen atoms in total. The summed E-state index contributed by atoms with van der Waals surface area (Å²) in [4.78, 5) is 0. The van der Waals surface area contributed by atoms with Crippen molar-refractivity contribution in [1.29, 1.82) is 0 Å². The zero-order chi connectivity index (χ0) is 13.3. The zero-order valence-corrected chi connectivity index (χ0v) is 8.06. The largest absolute Gasteiger partial charge is 0.573 e. The van der Waals surface area contributed by atoms with Crippen LogP contribution in [0.25, 0.3) is 0 Å². The van der Waals surface area contributed by atoms with E-state index in [1.54, 1.807) is 0 Å². The molecule has 0 heterocycles. The van der Waals surface area contributed by atoms with Crippen LogP contribution in [0.1, 0.15) is 11.1 Å². The first-order valence-electron chi connectivity index (χ1n) is 4.21. The SMILES string of the molecule is OCc1cccc(C(F)(F)F)c1OC(F)(F)F. The average molecular weight is 260 g/mol. The van der Waals surface area contributed by atoms with E-state index in [0.29, 0.717) is 6.07 Å². The Morgan fingerprint density at radius 3 is 2.06 bits per heavy atom. The molecule has 0 bridgehead atoms. The van der Waals surface area contributed by atoms with Gasteiger partial charge in [0.25, 0.3) is 0 Å². The van der Waals surface area contributed by atoms with E-state index in [0.717, 1.165) is 12.1 Å². The molecule has 0 amide bonds. The summed E-state index contributed by atoms with van der Waals surface area (Å²) in [5, 5.41) is 8.69. The number of aliphatic hydroxyl groups is 1. The Balaban J connectivity index is 3.31. The maximum atomic E-state index is 12.4. The van der Waals surface area contributed by atoms with Gasteiger partial charge in [0.2, 0.25) is 0 Å². The molecule has 96 valence electrons. The predicted molar refractivity (Wildman–Crippen MR) is 44.0 cm³/mol. The molecular weight excluding hydrogens is 254 g/mol. The molecule has 1 aromatic rings. The van der Waals surface area contributed by atoms with Crippen molar-refractivity contribution < 1.29 is 36.2 Å². The summed E-state index contributed by atoms with van der Waals surface area (Å²) in [6.07, 6.45) is -10.3. The Bertz CT molecular complexity index is 395. The quantitative estimate of drug-likeness (QED) is 0.828. The maximum absolute atomic E-state index is 12.4. The molecule has 0 radical (unpaired) electrons. The molecule has 0 saturated heterocycles. The van der Waals surface area contributed by atoms with Gasteiger partial charge in [-0.3, -0.25) is 0 Å². The molecule has 0 spiro atoms. The molecule has 1 aromatic carbocycles. The van der Waals surface area contributed by atoms with Crippen LogP contribution in [-0.2, 0) is 12.8 Å². The van der Waals surface area contributed by atoms with E-state index in [4.69, 9.17) is 5.11 Å². The molecule has 0 atom stereocenters. The van der Waals surface area contributed by atoms with Crippen LogP contribution >= 0.6 is 0 Å². The lowest BCUT2D eigenvalue weighted by Crippen LogP contribution is -2.21. The standard InChI is InChI=1S/C9H6F6O2/c10-8(11,12)6-3-1-2-5(4-16)7(6)17-9(13,14)15/h1-3,16H,4H2. The van der Waals surface area contributed by atoms with Gasteiger partial charge in [-0.15, -0.1) is 13.2 Å². The fourth-order valence-electron chi connectivity index (χ4n) is 1.17. The molecule has 0 aromatic heterocycles. The third kappa shape index (κ3) is 3.52. The van der Waals surface area contributed by atoms with E-state index in [-0.39, 0.29) is 0 Å². The number of hydrogen-bond donors (Lipinski definition) is 1. The number of para-hydroxylation sites is 1. The second-order valence-electron chi connectivity index (χ2n) is 3.00. The molecule has 0 unspecified atom stereocenters. The van der Waals surface area contributed by atoms with E-state index in [2.05, 4.69) is 4.74 Å². The lowest BCUT2D eigenvalue weighted by atomic mass is 10.1. The van der Waals surface area contributed by atoms with Gasteiger partial charge in [0.15, 0.2) is 0 Å². The van der Waals surface area contributed by atoms with Crippen molar-refractivity contribution in [3.63, 3.8) is 0 Å². The van der Waals surface area contributed by atoms with Crippen LogP contribution < -0.4 is 4.74 Å². The zero-order valence-electron chi connectivity index (χ0n) is 8.06. The summed E-state index contributed by atoms with van der Waals surface area (Å²) in [5.41, 5.74) is -2.17. The summed E-state index contributed by atoms with van der Waals surface area (Å²) >= 11 is 0. The Labute approximate surface area is 91.4 Å². The van der Waals surface area contributed by atoms with Crippen molar-refractivity contribution in [2.75, 3.05) is 0 Å². The second-order valence-corrected chi connectivity index (χ2v) is 3.00. The van der Waals surface area contributed by atoms with E-state index < -0.39 is 36.0 Å². The van der Waals surface area contributed by atoms with Gasteiger partial charge >= 0.3 is 12.5 Å². The second kappa shape index (κ2) is 4.44. The molecule has 0 fully saturated rings. The first kappa shape index (κ1) is 13.6. The van der Waals surface area contributed by atoms with Gasteiger partial charge in [-0.2, -0.15) is 13.2 Å². The molecular formula is C9H6F6O2. The lowest BCUT2D eigenvalue weighted by molar-refractivity contribution is -0.276. The van der Waals surface area contributed by atoms with Gasteiger partial charge in [-0.05, 0) is 6.07 Å². The minimum absolute atomic E-state index is 0.445. The highest BCUT2D eigenvalue weighted by Crippen LogP contribution is 2.40. The highest BCUT2D eigenvalue weighted by Gasteiger charge is 2.40. The van der Waals surface area contributed by atoms with Crippen molar-refractivity contribution in [2.24, 2.45) is 0 Å². The van der Waals surface area contributed by atoms with Gasteiger partial charge < -0.3 is 9.84 Å². The third-order valence-electron chi connectivity index (χ3n) is 1.79. The minimum Gasteiger partial charge on any atom is -0.405 e.